The predicted molar refractivity (Wildman–Crippen MR) is 109 cm³/mol. The highest BCUT2D eigenvalue weighted by atomic mass is 19.2. The molecule has 0 fully saturated rings. The predicted octanol–water partition coefficient (Wildman–Crippen LogP) is 5.20. The molecule has 1 heterocycles. The third-order valence-corrected chi connectivity index (χ3v) is 4.38. The minimum atomic E-state index is -1.04. The van der Waals surface area contributed by atoms with Crippen LogP contribution in [0.15, 0.2) is 82.2 Å². The van der Waals surface area contributed by atoms with Crippen LogP contribution in [0.5, 0.6) is 5.75 Å². The third-order valence-electron chi connectivity index (χ3n) is 4.38. The smallest absolute Gasteiger partial charge is 0.261 e. The van der Waals surface area contributed by atoms with Crippen LogP contribution in [0.25, 0.3) is 11.0 Å². The number of nitrogens with one attached hydrogen (secondary N) is 1. The first-order valence-corrected chi connectivity index (χ1v) is 9.01. The van der Waals surface area contributed by atoms with Crippen LogP contribution in [0.1, 0.15) is 10.4 Å². The largest absolute Gasteiger partial charge is 0.497 e. The molecule has 4 rings (SSSR count). The van der Waals surface area contributed by atoms with Crippen LogP contribution < -0.4 is 15.6 Å². The van der Waals surface area contributed by atoms with Crippen molar-refractivity contribution in [1.29, 1.82) is 0 Å². The molecule has 4 aromatic rings. The SMILES string of the molecule is COc1ccc(NC(=O)c2cc3ccccc3oc2=Nc2ccc(F)c(F)c2)cc1. The van der Waals surface area contributed by atoms with Gasteiger partial charge >= 0.3 is 0 Å². The van der Waals surface area contributed by atoms with Gasteiger partial charge in [0.2, 0.25) is 5.55 Å². The zero-order chi connectivity index (χ0) is 21.1. The number of methoxy groups -OCH3 is 1. The highest BCUT2D eigenvalue weighted by Crippen LogP contribution is 2.19. The first kappa shape index (κ1) is 19.3. The second-order valence-electron chi connectivity index (χ2n) is 6.40. The second kappa shape index (κ2) is 8.16. The number of para-hydroxylation sites is 1. The summed E-state index contributed by atoms with van der Waals surface area (Å²) in [6.45, 7) is 0. The molecule has 0 aliphatic heterocycles. The molecule has 30 heavy (non-hydrogen) atoms. The number of ether oxygens (including phenoxy) is 1. The van der Waals surface area contributed by atoms with Gasteiger partial charge < -0.3 is 14.5 Å². The molecule has 0 bridgehead atoms. The Bertz CT molecular complexity index is 1300. The highest BCUT2D eigenvalue weighted by molar-refractivity contribution is 6.05. The molecule has 7 heteroatoms. The van der Waals surface area contributed by atoms with Crippen molar-refractivity contribution in [2.45, 2.75) is 0 Å². The van der Waals surface area contributed by atoms with E-state index in [0.717, 1.165) is 12.1 Å². The number of carbonyl (C=O) groups is 1. The fourth-order valence-corrected chi connectivity index (χ4v) is 2.86. The summed E-state index contributed by atoms with van der Waals surface area (Å²) in [5, 5.41) is 3.47. The van der Waals surface area contributed by atoms with Crippen LogP contribution >= 0.6 is 0 Å². The molecule has 0 unspecified atom stereocenters. The van der Waals surface area contributed by atoms with Crippen molar-refractivity contribution in [3.63, 3.8) is 0 Å². The van der Waals surface area contributed by atoms with E-state index < -0.39 is 17.5 Å². The van der Waals surface area contributed by atoms with Crippen LogP contribution in [0.3, 0.4) is 0 Å². The van der Waals surface area contributed by atoms with Crippen LogP contribution in [0, 0.1) is 11.6 Å². The quantitative estimate of drug-likeness (QED) is 0.506. The number of anilines is 1. The van der Waals surface area contributed by atoms with Crippen LogP contribution in [0.4, 0.5) is 20.2 Å². The summed E-state index contributed by atoms with van der Waals surface area (Å²) >= 11 is 0. The number of benzene rings is 3. The summed E-state index contributed by atoms with van der Waals surface area (Å²) in [5.41, 5.74) is 1.29. The molecule has 1 aromatic heterocycles. The molecule has 0 aliphatic rings. The van der Waals surface area contributed by atoms with Crippen LogP contribution in [0.2, 0.25) is 0 Å². The lowest BCUT2D eigenvalue weighted by Crippen LogP contribution is -2.21. The topological polar surface area (TPSA) is 63.8 Å². The molecule has 150 valence electrons. The maximum absolute atomic E-state index is 13.6. The lowest BCUT2D eigenvalue weighted by Gasteiger charge is -2.08. The van der Waals surface area contributed by atoms with Gasteiger partial charge in [-0.1, -0.05) is 18.2 Å². The fourth-order valence-electron chi connectivity index (χ4n) is 2.86. The lowest BCUT2D eigenvalue weighted by molar-refractivity contribution is 0.102. The Balaban J connectivity index is 1.80. The number of fused-ring (bicyclic) bond motifs is 1. The Morgan fingerprint density at radius 3 is 2.47 bits per heavy atom. The number of amides is 1. The van der Waals surface area contributed by atoms with Crippen molar-refractivity contribution in [3.8, 4) is 5.75 Å². The van der Waals surface area contributed by atoms with E-state index in [-0.39, 0.29) is 16.8 Å². The molecule has 0 atom stereocenters. The molecular weight excluding hydrogens is 390 g/mol. The van der Waals surface area contributed by atoms with Gasteiger partial charge in [-0.15, -0.1) is 0 Å². The summed E-state index contributed by atoms with van der Waals surface area (Å²) in [7, 11) is 1.55. The Kier molecular flexibility index (Phi) is 5.26. The lowest BCUT2D eigenvalue weighted by atomic mass is 10.1. The summed E-state index contributed by atoms with van der Waals surface area (Å²) < 4.78 is 37.7. The summed E-state index contributed by atoms with van der Waals surface area (Å²) in [6, 6.07) is 18.8. The van der Waals surface area contributed by atoms with Gasteiger partial charge in [0.05, 0.1) is 12.8 Å². The molecule has 3 aromatic carbocycles. The van der Waals surface area contributed by atoms with Crippen molar-refractivity contribution in [2.24, 2.45) is 4.99 Å². The molecule has 0 aliphatic carbocycles. The van der Waals surface area contributed by atoms with Crippen LogP contribution in [-0.2, 0) is 0 Å². The molecule has 1 amide bonds. The molecular formula is C23H16F2N2O3. The van der Waals surface area contributed by atoms with Gasteiger partial charge in [0, 0.05) is 17.1 Å². The summed E-state index contributed by atoms with van der Waals surface area (Å²) in [5.74, 6) is -1.83. The summed E-state index contributed by atoms with van der Waals surface area (Å²) in [6.07, 6.45) is 0. The number of nitrogens with zero attached hydrogens (tertiary/aromatic N) is 1. The normalized spacial score (nSPS) is 11.5. The standard InChI is InChI=1S/C23H16F2N2O3/c1-29-17-9-6-15(7-10-17)26-22(28)18-12-14-4-2-3-5-21(14)30-23(18)27-16-8-11-19(24)20(25)13-16/h2-13H,1H3,(H,26,28). The molecule has 0 saturated carbocycles. The van der Waals surface area contributed by atoms with Gasteiger partial charge in [0.25, 0.3) is 5.91 Å². The first-order chi connectivity index (χ1) is 14.5. The van der Waals surface area contributed by atoms with E-state index in [9.17, 15) is 13.6 Å². The second-order valence-corrected chi connectivity index (χ2v) is 6.40. The Hall–Kier alpha value is -4.00. The van der Waals surface area contributed by atoms with Gasteiger partial charge in [0.1, 0.15) is 16.9 Å². The van der Waals surface area contributed by atoms with Gasteiger partial charge in [-0.3, -0.25) is 4.79 Å². The van der Waals surface area contributed by atoms with E-state index in [1.165, 1.54) is 6.07 Å². The molecule has 0 saturated heterocycles. The van der Waals surface area contributed by atoms with E-state index in [4.69, 9.17) is 9.15 Å². The molecule has 5 nitrogen and oxygen atoms in total. The Labute approximate surface area is 170 Å². The highest BCUT2D eigenvalue weighted by Gasteiger charge is 2.14. The van der Waals surface area contributed by atoms with E-state index in [1.54, 1.807) is 55.6 Å². The number of halogens is 2. The Morgan fingerprint density at radius 1 is 0.967 bits per heavy atom. The number of carbonyl (C=O) groups excluding carboxylic acids is 1. The minimum Gasteiger partial charge on any atom is -0.497 e. The first-order valence-electron chi connectivity index (χ1n) is 9.01. The molecule has 1 N–H and O–H groups in total. The van der Waals surface area contributed by atoms with E-state index >= 15 is 0 Å². The number of rotatable bonds is 4. The van der Waals surface area contributed by atoms with Gasteiger partial charge in [-0.25, -0.2) is 13.8 Å². The number of hydrogen-bond acceptors (Lipinski definition) is 4. The fraction of sp³-hybridized carbons (Fsp3) is 0.0435. The maximum atomic E-state index is 13.6. The van der Waals surface area contributed by atoms with Crippen molar-refractivity contribution < 1.29 is 22.7 Å². The minimum absolute atomic E-state index is 0.0225. The molecule has 0 radical (unpaired) electrons. The zero-order valence-corrected chi connectivity index (χ0v) is 15.9. The monoisotopic (exact) mass is 406 g/mol. The van der Waals surface area contributed by atoms with Gasteiger partial charge in [-0.05, 0) is 48.5 Å². The Morgan fingerprint density at radius 2 is 1.73 bits per heavy atom. The van der Waals surface area contributed by atoms with E-state index in [2.05, 4.69) is 10.3 Å². The van der Waals surface area contributed by atoms with Gasteiger partial charge in [-0.2, -0.15) is 0 Å². The number of hydrogen-bond donors (Lipinski definition) is 1. The maximum Gasteiger partial charge on any atom is 0.261 e. The van der Waals surface area contributed by atoms with E-state index in [0.29, 0.717) is 22.4 Å². The summed E-state index contributed by atoms with van der Waals surface area (Å²) in [4.78, 5) is 17.2. The average molecular weight is 406 g/mol. The van der Waals surface area contributed by atoms with E-state index in [1.807, 2.05) is 6.07 Å². The zero-order valence-electron chi connectivity index (χ0n) is 15.9. The van der Waals surface area contributed by atoms with Crippen molar-refractivity contribution in [3.05, 3.63) is 95.5 Å². The van der Waals surface area contributed by atoms with Gasteiger partial charge in [0.15, 0.2) is 11.6 Å². The third kappa shape index (κ3) is 4.05. The van der Waals surface area contributed by atoms with Crippen LogP contribution in [-0.4, -0.2) is 13.0 Å². The average Bonchev–Trinajstić information content (AvgIpc) is 2.76. The van der Waals surface area contributed by atoms with Crippen molar-refractivity contribution in [1.82, 2.24) is 0 Å². The van der Waals surface area contributed by atoms with Crippen molar-refractivity contribution >= 4 is 28.3 Å². The molecule has 0 spiro atoms. The van der Waals surface area contributed by atoms with Crippen molar-refractivity contribution in [2.75, 3.05) is 12.4 Å².